The third kappa shape index (κ3) is 2.33. The van der Waals surface area contributed by atoms with Crippen LogP contribution in [0.25, 0.3) is 10.8 Å². The second kappa shape index (κ2) is 4.78. The highest BCUT2D eigenvalue weighted by atomic mass is 35.5. The van der Waals surface area contributed by atoms with E-state index in [-0.39, 0.29) is 0 Å². The predicted octanol–water partition coefficient (Wildman–Crippen LogP) is 4.26. The number of rotatable bonds is 2. The lowest BCUT2D eigenvalue weighted by atomic mass is 10.2. The maximum Gasteiger partial charge on any atom is 0.227 e. The minimum absolute atomic E-state index is 0.467. The summed E-state index contributed by atoms with van der Waals surface area (Å²) in [5.41, 5.74) is 6.26. The highest BCUT2D eigenvalue weighted by Gasteiger charge is 2.07. The lowest BCUT2D eigenvalue weighted by Gasteiger charge is -2.09. The van der Waals surface area contributed by atoms with Crippen LogP contribution in [0.1, 0.15) is 0 Å². The van der Waals surface area contributed by atoms with Crippen molar-refractivity contribution in [1.82, 2.24) is 4.98 Å². The molecular weight excluding hydrogens is 260 g/mol. The normalized spacial score (nSPS) is 10.6. The summed E-state index contributed by atoms with van der Waals surface area (Å²) in [5, 5.41) is 2.48. The minimum atomic E-state index is 0.467. The number of fused-ring (bicyclic) bond motifs is 1. The van der Waals surface area contributed by atoms with Crippen LogP contribution in [-0.2, 0) is 0 Å². The van der Waals surface area contributed by atoms with Crippen LogP contribution in [0.5, 0.6) is 11.6 Å². The van der Waals surface area contributed by atoms with Crippen molar-refractivity contribution in [2.24, 2.45) is 0 Å². The summed E-state index contributed by atoms with van der Waals surface area (Å²) in [7, 11) is 0. The Bertz CT molecular complexity index is 738. The topological polar surface area (TPSA) is 48.1 Å². The van der Waals surface area contributed by atoms with Gasteiger partial charge in [0.2, 0.25) is 5.88 Å². The molecule has 0 amide bonds. The summed E-state index contributed by atoms with van der Waals surface area (Å²) in [5.74, 6) is 1.07. The van der Waals surface area contributed by atoms with E-state index in [0.29, 0.717) is 22.3 Å². The van der Waals surface area contributed by atoms with Crippen LogP contribution < -0.4 is 10.5 Å². The van der Waals surface area contributed by atoms with Gasteiger partial charge in [0.1, 0.15) is 5.75 Å². The lowest BCUT2D eigenvalue weighted by molar-refractivity contribution is 0.469. The van der Waals surface area contributed by atoms with Gasteiger partial charge in [-0.3, -0.25) is 0 Å². The van der Waals surface area contributed by atoms with Crippen molar-refractivity contribution in [3.63, 3.8) is 0 Å². The number of halogens is 1. The van der Waals surface area contributed by atoms with E-state index in [2.05, 4.69) is 4.98 Å². The molecule has 3 aromatic rings. The van der Waals surface area contributed by atoms with Crippen molar-refractivity contribution in [2.45, 2.75) is 0 Å². The Kier molecular flexibility index (Phi) is 2.97. The highest BCUT2D eigenvalue weighted by Crippen LogP contribution is 2.33. The number of hydrogen-bond acceptors (Lipinski definition) is 3. The fourth-order valence-corrected chi connectivity index (χ4v) is 2.10. The molecule has 3 nitrogen and oxygen atoms in total. The SMILES string of the molecule is Nc1ccc(Oc2nccc3ccccc23)c(Cl)c1. The molecule has 0 aliphatic carbocycles. The summed E-state index contributed by atoms with van der Waals surface area (Å²) in [6.45, 7) is 0. The first-order valence-corrected chi connectivity index (χ1v) is 6.18. The Hall–Kier alpha value is -2.26. The largest absolute Gasteiger partial charge is 0.437 e. The number of ether oxygens (including phenoxy) is 1. The average molecular weight is 271 g/mol. The third-order valence-electron chi connectivity index (χ3n) is 2.80. The molecule has 0 unspecified atom stereocenters. The van der Waals surface area contributed by atoms with E-state index in [9.17, 15) is 0 Å². The summed E-state index contributed by atoms with van der Waals surface area (Å²) >= 11 is 6.10. The Labute approximate surface area is 115 Å². The van der Waals surface area contributed by atoms with Gasteiger partial charge in [-0.25, -0.2) is 4.98 Å². The molecule has 1 aromatic heterocycles. The lowest BCUT2D eigenvalue weighted by Crippen LogP contribution is -1.91. The standard InChI is InChI=1S/C15H11ClN2O/c16-13-9-11(17)5-6-14(13)19-15-12-4-2-1-3-10(12)7-8-18-15/h1-9H,17H2. The van der Waals surface area contributed by atoms with Gasteiger partial charge in [-0.2, -0.15) is 0 Å². The van der Waals surface area contributed by atoms with Gasteiger partial charge < -0.3 is 10.5 Å². The van der Waals surface area contributed by atoms with Crippen molar-refractivity contribution < 1.29 is 4.74 Å². The molecule has 0 aliphatic heterocycles. The maximum atomic E-state index is 6.10. The summed E-state index contributed by atoms with van der Waals surface area (Å²) in [4.78, 5) is 4.25. The predicted molar refractivity (Wildman–Crippen MR) is 77.7 cm³/mol. The molecule has 19 heavy (non-hydrogen) atoms. The number of hydrogen-bond donors (Lipinski definition) is 1. The van der Waals surface area contributed by atoms with Crippen LogP contribution in [0.2, 0.25) is 5.02 Å². The van der Waals surface area contributed by atoms with Crippen LogP contribution in [0.4, 0.5) is 5.69 Å². The molecule has 0 atom stereocenters. The van der Waals surface area contributed by atoms with Crippen LogP contribution in [-0.4, -0.2) is 4.98 Å². The molecule has 3 rings (SSSR count). The van der Waals surface area contributed by atoms with Crippen molar-refractivity contribution in [2.75, 3.05) is 5.73 Å². The van der Waals surface area contributed by atoms with Gasteiger partial charge >= 0.3 is 0 Å². The molecule has 0 fully saturated rings. The van der Waals surface area contributed by atoms with Gasteiger partial charge in [-0.05, 0) is 35.7 Å². The molecule has 0 saturated heterocycles. The Morgan fingerprint density at radius 2 is 1.89 bits per heavy atom. The Morgan fingerprint density at radius 1 is 1.05 bits per heavy atom. The highest BCUT2D eigenvalue weighted by molar-refractivity contribution is 6.32. The van der Waals surface area contributed by atoms with Crippen LogP contribution in [0, 0.1) is 0 Å². The van der Waals surface area contributed by atoms with Gasteiger partial charge in [-0.15, -0.1) is 0 Å². The van der Waals surface area contributed by atoms with Crippen LogP contribution in [0.15, 0.2) is 54.7 Å². The molecule has 2 N–H and O–H groups in total. The first kappa shape index (κ1) is 11.8. The molecule has 0 aliphatic rings. The van der Waals surface area contributed by atoms with E-state index in [1.54, 1.807) is 24.4 Å². The zero-order valence-electron chi connectivity index (χ0n) is 10.0. The fraction of sp³-hybridized carbons (Fsp3) is 0. The van der Waals surface area contributed by atoms with Crippen LogP contribution in [0.3, 0.4) is 0 Å². The second-order valence-corrected chi connectivity index (χ2v) is 4.54. The number of anilines is 1. The molecule has 0 bridgehead atoms. The number of nitrogens with two attached hydrogens (primary N) is 1. The summed E-state index contributed by atoms with van der Waals surface area (Å²) < 4.78 is 5.78. The molecular formula is C15H11ClN2O. The number of pyridine rings is 1. The van der Waals surface area contributed by atoms with Gasteiger partial charge in [-0.1, -0.05) is 29.8 Å². The van der Waals surface area contributed by atoms with Gasteiger partial charge in [0, 0.05) is 17.3 Å². The molecule has 0 spiro atoms. The number of benzene rings is 2. The van der Waals surface area contributed by atoms with Crippen molar-refractivity contribution in [3.8, 4) is 11.6 Å². The molecule has 94 valence electrons. The molecule has 2 aromatic carbocycles. The Balaban J connectivity index is 2.06. The molecule has 0 radical (unpaired) electrons. The van der Waals surface area contributed by atoms with Gasteiger partial charge in [0.05, 0.1) is 5.02 Å². The van der Waals surface area contributed by atoms with Gasteiger partial charge in [0.15, 0.2) is 0 Å². The Morgan fingerprint density at radius 3 is 2.74 bits per heavy atom. The van der Waals surface area contributed by atoms with E-state index < -0.39 is 0 Å². The smallest absolute Gasteiger partial charge is 0.227 e. The molecule has 0 saturated carbocycles. The van der Waals surface area contributed by atoms with Crippen molar-refractivity contribution in [1.29, 1.82) is 0 Å². The first-order valence-electron chi connectivity index (χ1n) is 5.81. The average Bonchev–Trinajstić information content (AvgIpc) is 2.42. The van der Waals surface area contributed by atoms with E-state index in [0.717, 1.165) is 10.8 Å². The zero-order chi connectivity index (χ0) is 13.2. The van der Waals surface area contributed by atoms with E-state index in [1.165, 1.54) is 0 Å². The zero-order valence-corrected chi connectivity index (χ0v) is 10.8. The van der Waals surface area contributed by atoms with E-state index >= 15 is 0 Å². The summed E-state index contributed by atoms with van der Waals surface area (Å²) in [6.07, 6.45) is 1.71. The molecule has 4 heteroatoms. The third-order valence-corrected chi connectivity index (χ3v) is 3.10. The first-order chi connectivity index (χ1) is 9.24. The van der Waals surface area contributed by atoms with E-state index in [1.807, 2.05) is 30.3 Å². The number of aromatic nitrogens is 1. The minimum Gasteiger partial charge on any atom is -0.437 e. The summed E-state index contributed by atoms with van der Waals surface area (Å²) in [6, 6.07) is 15.0. The van der Waals surface area contributed by atoms with Crippen molar-refractivity contribution in [3.05, 3.63) is 59.8 Å². The monoisotopic (exact) mass is 270 g/mol. The molecule has 1 heterocycles. The van der Waals surface area contributed by atoms with Crippen LogP contribution >= 0.6 is 11.6 Å². The van der Waals surface area contributed by atoms with Crippen molar-refractivity contribution >= 4 is 28.1 Å². The number of nitrogen functional groups attached to an aromatic ring is 1. The van der Waals surface area contributed by atoms with E-state index in [4.69, 9.17) is 22.1 Å². The maximum absolute atomic E-state index is 6.10. The number of nitrogens with zero attached hydrogens (tertiary/aromatic N) is 1. The second-order valence-electron chi connectivity index (χ2n) is 4.13. The van der Waals surface area contributed by atoms with Gasteiger partial charge in [0.25, 0.3) is 0 Å². The quantitative estimate of drug-likeness (QED) is 0.708. The fourth-order valence-electron chi connectivity index (χ4n) is 1.88.